The third kappa shape index (κ3) is 2.78. The van der Waals surface area contributed by atoms with Gasteiger partial charge in [0.25, 0.3) is 5.91 Å². The first-order valence-corrected chi connectivity index (χ1v) is 9.96. The third-order valence-corrected chi connectivity index (χ3v) is 6.19. The Bertz CT molecular complexity index is 1030. The minimum absolute atomic E-state index is 0.0529. The lowest BCUT2D eigenvalue weighted by atomic mass is 9.93. The van der Waals surface area contributed by atoms with Gasteiger partial charge in [-0.2, -0.15) is 0 Å². The number of aromatic amines is 1. The molecule has 2 heterocycles. The van der Waals surface area contributed by atoms with Gasteiger partial charge in [0.1, 0.15) is 6.04 Å². The molecule has 1 aromatic heterocycles. The molecule has 5 heteroatoms. The fourth-order valence-electron chi connectivity index (χ4n) is 4.86. The van der Waals surface area contributed by atoms with Crippen molar-refractivity contribution in [2.75, 3.05) is 0 Å². The Morgan fingerprint density at radius 1 is 0.964 bits per heavy atom. The number of fused-ring (bicyclic) bond motifs is 1. The maximum Gasteiger partial charge on any atom is 0.325 e. The highest BCUT2D eigenvalue weighted by Gasteiger charge is 2.46. The van der Waals surface area contributed by atoms with Crippen molar-refractivity contribution in [1.29, 1.82) is 0 Å². The van der Waals surface area contributed by atoms with E-state index in [1.165, 1.54) is 10.5 Å². The highest BCUT2D eigenvalue weighted by molar-refractivity contribution is 6.05. The van der Waals surface area contributed by atoms with Gasteiger partial charge in [-0.3, -0.25) is 9.69 Å². The van der Waals surface area contributed by atoms with Crippen LogP contribution < -0.4 is 5.32 Å². The van der Waals surface area contributed by atoms with Gasteiger partial charge in [0, 0.05) is 35.5 Å². The number of carbonyl (C=O) groups is 2. The minimum Gasteiger partial charge on any atom is -0.361 e. The van der Waals surface area contributed by atoms with E-state index in [0.29, 0.717) is 6.42 Å². The molecule has 0 radical (unpaired) electrons. The van der Waals surface area contributed by atoms with Crippen molar-refractivity contribution in [2.45, 2.75) is 43.7 Å². The van der Waals surface area contributed by atoms with Gasteiger partial charge in [-0.15, -0.1) is 0 Å². The lowest BCUT2D eigenvalue weighted by Gasteiger charge is -2.27. The summed E-state index contributed by atoms with van der Waals surface area (Å²) in [6, 6.07) is 17.5. The van der Waals surface area contributed by atoms with Crippen molar-refractivity contribution in [2.24, 2.45) is 0 Å². The van der Waals surface area contributed by atoms with E-state index in [1.54, 1.807) is 0 Å². The number of H-pyrrole nitrogens is 1. The quantitative estimate of drug-likeness (QED) is 0.680. The van der Waals surface area contributed by atoms with Gasteiger partial charge >= 0.3 is 6.03 Å². The Kier molecular flexibility index (Phi) is 4.15. The topological polar surface area (TPSA) is 65.2 Å². The summed E-state index contributed by atoms with van der Waals surface area (Å²) in [4.78, 5) is 30.7. The van der Waals surface area contributed by atoms with E-state index in [-0.39, 0.29) is 23.9 Å². The zero-order valence-corrected chi connectivity index (χ0v) is 15.6. The molecule has 5 rings (SSSR count). The van der Waals surface area contributed by atoms with Gasteiger partial charge in [0.15, 0.2) is 0 Å². The van der Waals surface area contributed by atoms with Gasteiger partial charge in [-0.25, -0.2) is 4.79 Å². The Balaban J connectivity index is 1.38. The molecule has 142 valence electrons. The Labute approximate surface area is 163 Å². The molecule has 0 bridgehead atoms. The number of para-hydroxylation sites is 1. The van der Waals surface area contributed by atoms with E-state index in [0.717, 1.165) is 35.7 Å². The van der Waals surface area contributed by atoms with Crippen LogP contribution in [-0.2, 0) is 11.2 Å². The Hall–Kier alpha value is -3.08. The summed E-state index contributed by atoms with van der Waals surface area (Å²) in [7, 11) is 0. The summed E-state index contributed by atoms with van der Waals surface area (Å²) >= 11 is 0. The molecule has 3 amide bonds. The molecule has 1 aliphatic carbocycles. The van der Waals surface area contributed by atoms with Crippen LogP contribution in [0.15, 0.2) is 60.8 Å². The number of amides is 3. The molecule has 2 N–H and O–H groups in total. The van der Waals surface area contributed by atoms with Crippen molar-refractivity contribution in [3.8, 4) is 0 Å². The maximum atomic E-state index is 13.2. The molecule has 3 aromatic rings. The first-order valence-electron chi connectivity index (χ1n) is 9.96. The minimum atomic E-state index is -0.497. The predicted octanol–water partition coefficient (Wildman–Crippen LogP) is 3.97. The SMILES string of the molecule is O=C1N[C@@H](Cc2c[nH]c3ccccc23)C(=O)N1[C@@H]1CCC[C@H]1c1ccccc1. The number of carbonyl (C=O) groups excluding carboxylic acids is 2. The molecule has 1 saturated heterocycles. The van der Waals surface area contributed by atoms with E-state index < -0.39 is 6.04 Å². The number of nitrogens with zero attached hydrogens (tertiary/aromatic N) is 1. The fraction of sp³-hybridized carbons (Fsp3) is 0.304. The molecule has 5 nitrogen and oxygen atoms in total. The number of aromatic nitrogens is 1. The second-order valence-corrected chi connectivity index (χ2v) is 7.79. The zero-order chi connectivity index (χ0) is 19.1. The summed E-state index contributed by atoms with van der Waals surface area (Å²) in [6.45, 7) is 0. The van der Waals surface area contributed by atoms with E-state index in [4.69, 9.17) is 0 Å². The molecule has 1 aliphatic heterocycles. The number of nitrogens with one attached hydrogen (secondary N) is 2. The number of benzene rings is 2. The van der Waals surface area contributed by atoms with Gasteiger partial charge in [-0.1, -0.05) is 55.0 Å². The van der Waals surface area contributed by atoms with Crippen molar-refractivity contribution in [3.63, 3.8) is 0 Å². The van der Waals surface area contributed by atoms with Gasteiger partial charge in [-0.05, 0) is 30.0 Å². The molecule has 0 spiro atoms. The molecular weight excluding hydrogens is 350 g/mol. The van der Waals surface area contributed by atoms with Crippen molar-refractivity contribution in [3.05, 3.63) is 71.9 Å². The second kappa shape index (κ2) is 6.82. The summed E-state index contributed by atoms with van der Waals surface area (Å²) < 4.78 is 0. The van der Waals surface area contributed by atoms with Crippen molar-refractivity contribution >= 4 is 22.8 Å². The average molecular weight is 373 g/mol. The first-order chi connectivity index (χ1) is 13.7. The molecule has 28 heavy (non-hydrogen) atoms. The zero-order valence-electron chi connectivity index (χ0n) is 15.6. The number of imide groups is 1. The Morgan fingerprint density at radius 2 is 1.75 bits per heavy atom. The second-order valence-electron chi connectivity index (χ2n) is 7.79. The fourth-order valence-corrected chi connectivity index (χ4v) is 4.86. The van der Waals surface area contributed by atoms with Crippen molar-refractivity contribution in [1.82, 2.24) is 15.2 Å². The highest BCUT2D eigenvalue weighted by Crippen LogP contribution is 2.39. The lowest BCUT2D eigenvalue weighted by molar-refractivity contribution is -0.129. The van der Waals surface area contributed by atoms with Crippen LogP contribution in [0.2, 0.25) is 0 Å². The molecule has 1 saturated carbocycles. The van der Waals surface area contributed by atoms with Gasteiger partial charge in [0.2, 0.25) is 0 Å². The molecular formula is C23H23N3O2. The van der Waals surface area contributed by atoms with Gasteiger partial charge in [0.05, 0.1) is 0 Å². The number of rotatable bonds is 4. The van der Waals surface area contributed by atoms with Crippen LogP contribution in [0.5, 0.6) is 0 Å². The van der Waals surface area contributed by atoms with Crippen LogP contribution in [0.4, 0.5) is 4.79 Å². The molecule has 2 aliphatic rings. The summed E-state index contributed by atoms with van der Waals surface area (Å²) in [5.41, 5.74) is 3.32. The normalized spacial score (nSPS) is 24.9. The molecule has 2 aromatic carbocycles. The largest absolute Gasteiger partial charge is 0.361 e. The Morgan fingerprint density at radius 3 is 2.61 bits per heavy atom. The van der Waals surface area contributed by atoms with E-state index >= 15 is 0 Å². The number of urea groups is 1. The van der Waals surface area contributed by atoms with Crippen LogP contribution in [-0.4, -0.2) is 33.9 Å². The van der Waals surface area contributed by atoms with Crippen LogP contribution in [0.1, 0.15) is 36.3 Å². The van der Waals surface area contributed by atoms with Crippen LogP contribution in [0, 0.1) is 0 Å². The third-order valence-electron chi connectivity index (χ3n) is 6.19. The maximum absolute atomic E-state index is 13.2. The summed E-state index contributed by atoms with van der Waals surface area (Å²) in [5.74, 6) is 0.130. The average Bonchev–Trinajstić information content (AvgIpc) is 3.42. The van der Waals surface area contributed by atoms with Crippen LogP contribution in [0.3, 0.4) is 0 Å². The van der Waals surface area contributed by atoms with E-state index in [2.05, 4.69) is 22.4 Å². The summed E-state index contributed by atoms with van der Waals surface area (Å²) in [6.07, 6.45) is 5.37. The van der Waals surface area contributed by atoms with Crippen molar-refractivity contribution < 1.29 is 9.59 Å². The smallest absolute Gasteiger partial charge is 0.325 e. The predicted molar refractivity (Wildman–Crippen MR) is 108 cm³/mol. The van der Waals surface area contributed by atoms with E-state index in [1.807, 2.05) is 48.7 Å². The number of hydrogen-bond acceptors (Lipinski definition) is 2. The van der Waals surface area contributed by atoms with Gasteiger partial charge < -0.3 is 10.3 Å². The van der Waals surface area contributed by atoms with Crippen LogP contribution >= 0.6 is 0 Å². The van der Waals surface area contributed by atoms with E-state index in [9.17, 15) is 9.59 Å². The summed E-state index contributed by atoms with van der Waals surface area (Å²) in [5, 5.41) is 4.03. The molecule has 2 fully saturated rings. The molecule has 0 unspecified atom stereocenters. The standard InChI is InChI=1S/C23H23N3O2/c27-22-20(13-16-14-24-19-11-5-4-9-17(16)19)25-23(28)26(22)21-12-6-10-18(21)15-7-2-1-3-8-15/h1-5,7-9,11,14,18,20-21,24H,6,10,12-13H2,(H,25,28)/t18-,20-,21+/m0/s1. The first kappa shape index (κ1) is 17.0. The van der Waals surface area contributed by atoms with Crippen LogP contribution in [0.25, 0.3) is 10.9 Å². The number of hydrogen-bond donors (Lipinski definition) is 2. The lowest BCUT2D eigenvalue weighted by Crippen LogP contribution is -2.42. The molecule has 3 atom stereocenters. The monoisotopic (exact) mass is 373 g/mol. The highest BCUT2D eigenvalue weighted by atomic mass is 16.2.